The maximum Gasteiger partial charge on any atom is 0.337 e. The van der Waals surface area contributed by atoms with Crippen LogP contribution in [-0.2, 0) is 19.9 Å². The Labute approximate surface area is 206 Å². The highest BCUT2D eigenvalue weighted by Crippen LogP contribution is 2.43. The van der Waals surface area contributed by atoms with Gasteiger partial charge in [-0.15, -0.1) is 5.10 Å². The van der Waals surface area contributed by atoms with Crippen molar-refractivity contribution >= 4 is 23.8 Å². The van der Waals surface area contributed by atoms with Gasteiger partial charge in [-0.25, -0.2) is 19.3 Å². The second-order valence-corrected chi connectivity index (χ2v) is 9.03. The second-order valence-electron chi connectivity index (χ2n) is 9.03. The van der Waals surface area contributed by atoms with Gasteiger partial charge in [0.25, 0.3) is 12.0 Å². The molecule has 0 saturated carbocycles. The van der Waals surface area contributed by atoms with Crippen LogP contribution in [0.4, 0.5) is 5.95 Å². The minimum absolute atomic E-state index is 0.0468. The monoisotopic (exact) mass is 495 g/mol. The Morgan fingerprint density at radius 2 is 2.31 bits per heavy atom. The van der Waals surface area contributed by atoms with Crippen LogP contribution in [0.5, 0.6) is 0 Å². The fraction of sp³-hybridized carbons (Fsp3) is 0.435. The van der Waals surface area contributed by atoms with Gasteiger partial charge >= 0.3 is 5.97 Å². The van der Waals surface area contributed by atoms with E-state index in [1.165, 1.54) is 29.9 Å². The van der Waals surface area contributed by atoms with Gasteiger partial charge in [-0.3, -0.25) is 10.1 Å². The van der Waals surface area contributed by atoms with Crippen molar-refractivity contribution in [1.82, 2.24) is 19.5 Å². The summed E-state index contributed by atoms with van der Waals surface area (Å²) >= 11 is 0. The summed E-state index contributed by atoms with van der Waals surface area (Å²) in [7, 11) is 4.81. The van der Waals surface area contributed by atoms with E-state index in [4.69, 9.17) is 9.47 Å². The van der Waals surface area contributed by atoms with Gasteiger partial charge in [0.1, 0.15) is 11.0 Å². The zero-order valence-corrected chi connectivity index (χ0v) is 19.9. The quantitative estimate of drug-likeness (QED) is 0.193. The number of aliphatic hydroxyl groups is 1. The van der Waals surface area contributed by atoms with Crippen LogP contribution in [0.15, 0.2) is 47.1 Å². The number of carbonyl (C=O) groups excluding carboxylic acids is 1. The Morgan fingerprint density at radius 3 is 2.97 bits per heavy atom. The molecule has 0 amide bonds. The first kappa shape index (κ1) is 25.0. The molecular weight excluding hydrogens is 470 g/mol. The average Bonchev–Trinajstić information content (AvgIpc) is 3.45. The fourth-order valence-corrected chi connectivity index (χ4v) is 4.51. The van der Waals surface area contributed by atoms with Gasteiger partial charge in [-0.2, -0.15) is 5.26 Å². The summed E-state index contributed by atoms with van der Waals surface area (Å²) in [5.74, 6) is -0.511. The topological polar surface area (TPSA) is 168 Å². The number of nitriles is 1. The van der Waals surface area contributed by atoms with Gasteiger partial charge in [0, 0.05) is 31.9 Å². The molecule has 1 fully saturated rings. The fourth-order valence-electron chi connectivity index (χ4n) is 4.51. The van der Waals surface area contributed by atoms with Crippen molar-refractivity contribution in [3.8, 4) is 6.07 Å². The Morgan fingerprint density at radius 1 is 1.53 bits per heavy atom. The molecule has 3 heterocycles. The smallest absolute Gasteiger partial charge is 0.337 e. The van der Waals surface area contributed by atoms with E-state index in [0.29, 0.717) is 11.2 Å². The highest BCUT2D eigenvalue weighted by Gasteiger charge is 2.52. The average molecular weight is 495 g/mol. The van der Waals surface area contributed by atoms with Gasteiger partial charge in [-0.05, 0) is 30.4 Å². The van der Waals surface area contributed by atoms with E-state index in [1.807, 2.05) is 20.2 Å². The molecule has 36 heavy (non-hydrogen) atoms. The molecule has 1 aliphatic heterocycles. The van der Waals surface area contributed by atoms with Crippen molar-refractivity contribution in [3.05, 3.63) is 57.9 Å². The molecule has 0 spiro atoms. The van der Waals surface area contributed by atoms with Gasteiger partial charge in [-0.1, -0.05) is 0 Å². The molecule has 13 nitrogen and oxygen atoms in total. The number of aromatic nitrogens is 3. The van der Waals surface area contributed by atoms with Crippen LogP contribution in [0.25, 0.3) is 5.52 Å². The lowest BCUT2D eigenvalue weighted by Gasteiger charge is -2.30. The number of ether oxygens (including phenoxy) is 2. The Balaban J connectivity index is 1.63. The van der Waals surface area contributed by atoms with E-state index in [0.717, 1.165) is 0 Å². The Bertz CT molecular complexity index is 1330. The van der Waals surface area contributed by atoms with Gasteiger partial charge in [0.2, 0.25) is 0 Å². The first-order valence-corrected chi connectivity index (χ1v) is 11.0. The molecule has 1 unspecified atom stereocenters. The third-order valence-corrected chi connectivity index (χ3v) is 6.21. The first-order valence-electron chi connectivity index (χ1n) is 11.0. The number of carbonyl (C=O) groups is 1. The maximum atomic E-state index is 12.1. The van der Waals surface area contributed by atoms with Crippen molar-refractivity contribution in [1.29, 1.82) is 5.26 Å². The van der Waals surface area contributed by atoms with E-state index in [-0.39, 0.29) is 31.0 Å². The molecular formula is C23H25N7O6. The van der Waals surface area contributed by atoms with Gasteiger partial charge in [0.05, 0.1) is 55.2 Å². The minimum Gasteiger partial charge on any atom is -0.465 e. The molecule has 0 aromatic carbocycles. The number of hydrogen-bond acceptors (Lipinski definition) is 10. The first-order chi connectivity index (χ1) is 17.1. The number of fused-ring (bicyclic) bond motifs is 1. The van der Waals surface area contributed by atoms with Crippen LogP contribution in [0.3, 0.4) is 0 Å². The molecule has 2 aromatic heterocycles. The Kier molecular flexibility index (Phi) is 6.57. The number of esters is 1. The third-order valence-electron chi connectivity index (χ3n) is 6.21. The summed E-state index contributed by atoms with van der Waals surface area (Å²) in [6.07, 6.45) is 6.12. The summed E-state index contributed by atoms with van der Waals surface area (Å²) < 4.78 is 12.1. The summed E-state index contributed by atoms with van der Waals surface area (Å²) in [5, 5.41) is 37.7. The standard InChI is InChI=1S/C23H25N7O6/c1-28(2)14-26-21-25-11-16-5-7-19(29(16)27-21)23(32)10-17(36-13-23)9-22(12-24)8-15(20(31)35-3)4-6-18(22)30(33)34/h4-8,11,14,17-18,32H,9-10,13H2,1-3H3/b26-14+/t17-,18+,22+,23?/m0/s1. The molecule has 188 valence electrons. The summed E-state index contributed by atoms with van der Waals surface area (Å²) in [6.45, 7) is -0.113. The molecule has 1 aliphatic carbocycles. The normalized spacial score (nSPS) is 27.7. The predicted octanol–water partition coefficient (Wildman–Crippen LogP) is 1.14. The predicted molar refractivity (Wildman–Crippen MR) is 126 cm³/mol. The van der Waals surface area contributed by atoms with Crippen molar-refractivity contribution in [2.75, 3.05) is 27.8 Å². The number of nitrogens with zero attached hydrogens (tertiary/aromatic N) is 7. The van der Waals surface area contributed by atoms with Crippen LogP contribution < -0.4 is 0 Å². The number of rotatable bonds is 7. The molecule has 1 N–H and O–H groups in total. The number of methoxy groups -OCH3 is 1. The van der Waals surface area contributed by atoms with E-state index >= 15 is 0 Å². The molecule has 0 radical (unpaired) electrons. The molecule has 2 aromatic rings. The SMILES string of the molecule is COC(=O)C1=C[C@](C#N)(C[C@H]2CC(O)(c3ccc4cnc(/N=C/N(C)C)nn34)CO2)[C@H]([N+](=O)[O-])C=C1. The van der Waals surface area contributed by atoms with E-state index in [1.54, 1.807) is 29.6 Å². The van der Waals surface area contributed by atoms with Gasteiger partial charge < -0.3 is 19.5 Å². The van der Waals surface area contributed by atoms with E-state index in [2.05, 4.69) is 15.1 Å². The second kappa shape index (κ2) is 9.48. The maximum absolute atomic E-state index is 12.1. The van der Waals surface area contributed by atoms with Gasteiger partial charge in [0.15, 0.2) is 0 Å². The van der Waals surface area contributed by atoms with Crippen LogP contribution in [0.2, 0.25) is 0 Å². The van der Waals surface area contributed by atoms with Crippen LogP contribution >= 0.6 is 0 Å². The van der Waals surface area contributed by atoms with Crippen molar-refractivity contribution in [2.24, 2.45) is 10.4 Å². The lowest BCUT2D eigenvalue weighted by atomic mass is 9.72. The molecule has 0 bridgehead atoms. The van der Waals surface area contributed by atoms with Crippen molar-refractivity contribution < 1.29 is 24.3 Å². The summed E-state index contributed by atoms with van der Waals surface area (Å²) in [5.41, 5.74) is -2.03. The van der Waals surface area contributed by atoms with Crippen LogP contribution in [0, 0.1) is 26.9 Å². The third kappa shape index (κ3) is 4.56. The highest BCUT2D eigenvalue weighted by atomic mass is 16.6. The molecule has 4 atom stereocenters. The van der Waals surface area contributed by atoms with Crippen molar-refractivity contribution in [3.63, 3.8) is 0 Å². The number of nitro groups is 1. The van der Waals surface area contributed by atoms with Crippen LogP contribution in [0.1, 0.15) is 18.5 Å². The minimum atomic E-state index is -1.67. The number of hydrogen-bond donors (Lipinski definition) is 1. The Hall–Kier alpha value is -4.15. The summed E-state index contributed by atoms with van der Waals surface area (Å²) in [4.78, 5) is 33.4. The van der Waals surface area contributed by atoms with Crippen LogP contribution in [-0.4, -0.2) is 81.8 Å². The summed E-state index contributed by atoms with van der Waals surface area (Å²) in [6, 6.07) is 4.08. The lowest BCUT2D eigenvalue weighted by Crippen LogP contribution is -2.42. The zero-order chi connectivity index (χ0) is 26.1. The zero-order valence-electron chi connectivity index (χ0n) is 19.9. The lowest BCUT2D eigenvalue weighted by molar-refractivity contribution is -0.522. The van der Waals surface area contributed by atoms with Crippen molar-refractivity contribution in [2.45, 2.75) is 30.6 Å². The molecule has 13 heteroatoms. The molecule has 2 aliphatic rings. The largest absolute Gasteiger partial charge is 0.465 e. The highest BCUT2D eigenvalue weighted by molar-refractivity contribution is 5.92. The number of aliphatic imine (C=N–C) groups is 1. The molecule has 4 rings (SSSR count). The molecule has 1 saturated heterocycles. The van der Waals surface area contributed by atoms with E-state index < -0.39 is 34.1 Å². The van der Waals surface area contributed by atoms with E-state index in [9.17, 15) is 25.3 Å².